The Morgan fingerprint density at radius 2 is 2.67 bits per heavy atom. The summed E-state index contributed by atoms with van der Waals surface area (Å²) in [6, 6.07) is 0.643. The Morgan fingerprint density at radius 3 is 3.25 bits per heavy atom. The van der Waals surface area contributed by atoms with Gasteiger partial charge in [-0.1, -0.05) is 0 Å². The quantitative estimate of drug-likeness (QED) is 0.707. The largest absolute Gasteiger partial charge is 0.312 e. The van der Waals surface area contributed by atoms with Crippen molar-refractivity contribution in [1.29, 1.82) is 0 Å². The van der Waals surface area contributed by atoms with Gasteiger partial charge in [-0.25, -0.2) is 0 Å². The van der Waals surface area contributed by atoms with Gasteiger partial charge in [0.25, 0.3) is 0 Å². The Kier molecular flexibility index (Phi) is 2.13. The molecule has 2 heterocycles. The second-order valence-electron chi connectivity index (χ2n) is 3.53. The van der Waals surface area contributed by atoms with Crippen LogP contribution in [0.2, 0.25) is 0 Å². The Labute approximate surface area is 72.8 Å². The molecule has 0 unspecified atom stereocenters. The minimum atomic E-state index is 0.643. The maximum atomic E-state index is 4.26. The molecular formula is C9H15N3. The molecular weight excluding hydrogens is 150 g/mol. The second kappa shape index (κ2) is 3.27. The van der Waals surface area contributed by atoms with Crippen LogP contribution in [0.5, 0.6) is 0 Å². The molecule has 12 heavy (non-hydrogen) atoms. The monoisotopic (exact) mass is 165 g/mol. The lowest BCUT2D eigenvalue weighted by atomic mass is 10.2. The highest BCUT2D eigenvalue weighted by molar-refractivity contribution is 4.99. The zero-order chi connectivity index (χ0) is 8.39. The molecule has 1 atom stereocenters. The van der Waals surface area contributed by atoms with E-state index in [1.807, 2.05) is 10.9 Å². The summed E-state index contributed by atoms with van der Waals surface area (Å²) in [5.41, 5.74) is 1.24. The van der Waals surface area contributed by atoms with E-state index in [9.17, 15) is 0 Å². The van der Waals surface area contributed by atoms with Gasteiger partial charge in [0.15, 0.2) is 0 Å². The van der Waals surface area contributed by atoms with Gasteiger partial charge >= 0.3 is 0 Å². The van der Waals surface area contributed by atoms with Crippen molar-refractivity contribution in [3.05, 3.63) is 18.0 Å². The highest BCUT2D eigenvalue weighted by Gasteiger charge is 2.14. The molecule has 0 spiro atoms. The van der Waals surface area contributed by atoms with Gasteiger partial charge in [-0.3, -0.25) is 4.68 Å². The molecule has 1 saturated heterocycles. The molecule has 2 rings (SSSR count). The molecule has 3 heteroatoms. The normalized spacial score (nSPS) is 23.2. The molecule has 0 radical (unpaired) electrons. The van der Waals surface area contributed by atoms with Crippen LogP contribution in [0.3, 0.4) is 0 Å². The lowest BCUT2D eigenvalue weighted by molar-refractivity contribution is 0.476. The predicted molar refractivity (Wildman–Crippen MR) is 48.0 cm³/mol. The van der Waals surface area contributed by atoms with Crippen molar-refractivity contribution in [2.45, 2.75) is 32.4 Å². The number of aromatic nitrogens is 2. The molecule has 1 aliphatic rings. The average molecular weight is 165 g/mol. The van der Waals surface area contributed by atoms with Gasteiger partial charge < -0.3 is 5.32 Å². The predicted octanol–water partition coefficient (Wildman–Crippen LogP) is 0.944. The van der Waals surface area contributed by atoms with Crippen molar-refractivity contribution in [2.75, 3.05) is 6.54 Å². The number of nitrogens with zero attached hydrogens (tertiary/aromatic N) is 2. The van der Waals surface area contributed by atoms with Crippen LogP contribution < -0.4 is 5.32 Å². The summed E-state index contributed by atoms with van der Waals surface area (Å²) in [6.45, 7) is 4.27. The van der Waals surface area contributed by atoms with E-state index in [-0.39, 0.29) is 0 Å². The minimum Gasteiger partial charge on any atom is -0.312 e. The zero-order valence-corrected chi connectivity index (χ0v) is 7.45. The third-order valence-electron chi connectivity index (χ3n) is 2.33. The highest BCUT2D eigenvalue weighted by atomic mass is 15.3. The molecule has 1 aromatic rings. The molecule has 1 N–H and O–H groups in total. The second-order valence-corrected chi connectivity index (χ2v) is 3.53. The molecule has 1 aromatic heterocycles. The third kappa shape index (κ3) is 1.67. The van der Waals surface area contributed by atoms with Crippen molar-refractivity contribution in [3.63, 3.8) is 0 Å². The summed E-state index contributed by atoms with van der Waals surface area (Å²) >= 11 is 0. The zero-order valence-electron chi connectivity index (χ0n) is 7.45. The first-order chi connectivity index (χ1) is 5.84. The molecule has 1 fully saturated rings. The minimum absolute atomic E-state index is 0.643. The standard InChI is InChI=1S/C9H15N3/c1-8-5-11-12(6-8)7-9-3-2-4-10-9/h5-6,9-10H,2-4,7H2,1H3/t9-/m0/s1. The van der Waals surface area contributed by atoms with Gasteiger partial charge in [0.2, 0.25) is 0 Å². The van der Waals surface area contributed by atoms with Gasteiger partial charge in [0.1, 0.15) is 0 Å². The molecule has 66 valence electrons. The van der Waals surface area contributed by atoms with Gasteiger partial charge in [0, 0.05) is 12.2 Å². The van der Waals surface area contributed by atoms with Crippen molar-refractivity contribution in [3.8, 4) is 0 Å². The Morgan fingerprint density at radius 1 is 1.75 bits per heavy atom. The van der Waals surface area contributed by atoms with E-state index in [0.29, 0.717) is 6.04 Å². The van der Waals surface area contributed by atoms with Crippen molar-refractivity contribution >= 4 is 0 Å². The first-order valence-corrected chi connectivity index (χ1v) is 4.57. The summed E-state index contributed by atoms with van der Waals surface area (Å²) in [4.78, 5) is 0. The molecule has 0 aliphatic carbocycles. The number of hydrogen-bond acceptors (Lipinski definition) is 2. The summed E-state index contributed by atoms with van der Waals surface area (Å²) < 4.78 is 2.03. The van der Waals surface area contributed by atoms with Gasteiger partial charge in [-0.05, 0) is 31.9 Å². The van der Waals surface area contributed by atoms with E-state index in [1.165, 1.54) is 24.9 Å². The average Bonchev–Trinajstić information content (AvgIpc) is 2.63. The van der Waals surface area contributed by atoms with Crippen LogP contribution in [0.25, 0.3) is 0 Å². The van der Waals surface area contributed by atoms with Gasteiger partial charge in [-0.2, -0.15) is 5.10 Å². The lowest BCUT2D eigenvalue weighted by Crippen LogP contribution is -2.26. The fraction of sp³-hybridized carbons (Fsp3) is 0.667. The number of nitrogens with one attached hydrogen (secondary N) is 1. The van der Waals surface area contributed by atoms with Crippen LogP contribution in [-0.4, -0.2) is 22.4 Å². The van der Waals surface area contributed by atoms with E-state index in [2.05, 4.69) is 23.5 Å². The lowest BCUT2D eigenvalue weighted by Gasteiger charge is -2.09. The van der Waals surface area contributed by atoms with Crippen LogP contribution in [0.1, 0.15) is 18.4 Å². The number of hydrogen-bond donors (Lipinski definition) is 1. The summed E-state index contributed by atoms with van der Waals surface area (Å²) in [7, 11) is 0. The maximum absolute atomic E-state index is 4.26. The topological polar surface area (TPSA) is 29.9 Å². The van der Waals surface area contributed by atoms with Crippen LogP contribution in [-0.2, 0) is 6.54 Å². The fourth-order valence-electron chi connectivity index (χ4n) is 1.71. The maximum Gasteiger partial charge on any atom is 0.0562 e. The fourth-order valence-corrected chi connectivity index (χ4v) is 1.71. The molecule has 0 amide bonds. The first kappa shape index (κ1) is 7.80. The van der Waals surface area contributed by atoms with E-state index in [0.717, 1.165) is 6.54 Å². The Bertz CT molecular complexity index is 248. The van der Waals surface area contributed by atoms with Crippen molar-refractivity contribution < 1.29 is 0 Å². The van der Waals surface area contributed by atoms with Gasteiger partial charge in [-0.15, -0.1) is 0 Å². The molecule has 0 aromatic carbocycles. The Balaban J connectivity index is 1.94. The van der Waals surface area contributed by atoms with E-state index in [1.54, 1.807) is 0 Å². The smallest absolute Gasteiger partial charge is 0.0562 e. The van der Waals surface area contributed by atoms with E-state index >= 15 is 0 Å². The van der Waals surface area contributed by atoms with Gasteiger partial charge in [0.05, 0.1) is 12.7 Å². The molecule has 3 nitrogen and oxygen atoms in total. The third-order valence-corrected chi connectivity index (χ3v) is 2.33. The summed E-state index contributed by atoms with van der Waals surface area (Å²) in [6.07, 6.45) is 6.61. The SMILES string of the molecule is Cc1cnn(C[C@@H]2CCCN2)c1. The Hall–Kier alpha value is -0.830. The molecule has 0 saturated carbocycles. The first-order valence-electron chi connectivity index (χ1n) is 4.57. The number of rotatable bonds is 2. The summed E-state index contributed by atoms with van der Waals surface area (Å²) in [5.74, 6) is 0. The van der Waals surface area contributed by atoms with E-state index < -0.39 is 0 Å². The van der Waals surface area contributed by atoms with Crippen LogP contribution in [0.4, 0.5) is 0 Å². The number of aryl methyl sites for hydroxylation is 1. The van der Waals surface area contributed by atoms with Crippen LogP contribution in [0, 0.1) is 6.92 Å². The van der Waals surface area contributed by atoms with Crippen LogP contribution in [0.15, 0.2) is 12.4 Å². The van der Waals surface area contributed by atoms with Crippen molar-refractivity contribution in [2.24, 2.45) is 0 Å². The van der Waals surface area contributed by atoms with E-state index in [4.69, 9.17) is 0 Å². The highest BCUT2D eigenvalue weighted by Crippen LogP contribution is 2.07. The van der Waals surface area contributed by atoms with Crippen LogP contribution >= 0.6 is 0 Å². The summed E-state index contributed by atoms with van der Waals surface area (Å²) in [5, 5.41) is 7.71. The molecule has 1 aliphatic heterocycles. The van der Waals surface area contributed by atoms with Crippen molar-refractivity contribution in [1.82, 2.24) is 15.1 Å². The molecule has 0 bridgehead atoms.